The number of anilines is 2. The number of nitrogens with two attached hydrogens (primary N) is 1. The Labute approximate surface area is 116 Å². The van der Waals surface area contributed by atoms with Gasteiger partial charge in [-0.2, -0.15) is 0 Å². The third-order valence-electron chi connectivity index (χ3n) is 2.78. The molecule has 100 valence electrons. The number of ether oxygens (including phenoxy) is 1. The first-order valence-corrected chi connectivity index (χ1v) is 6.83. The maximum Gasteiger partial charge on any atom is 0.340 e. The molecule has 0 fully saturated rings. The Morgan fingerprint density at radius 2 is 2.21 bits per heavy atom. The first-order valence-electron chi connectivity index (χ1n) is 5.95. The number of benzene rings is 1. The highest BCUT2D eigenvalue weighted by molar-refractivity contribution is 7.09. The molecule has 0 unspecified atom stereocenters. The Balaban J connectivity index is 2.02. The number of esters is 1. The lowest BCUT2D eigenvalue weighted by atomic mass is 10.1. The summed E-state index contributed by atoms with van der Waals surface area (Å²) in [7, 11) is 1.35. The molecule has 2 rings (SSSR count). The van der Waals surface area contributed by atoms with Crippen molar-refractivity contribution in [3.63, 3.8) is 0 Å². The molecule has 1 aromatic carbocycles. The minimum atomic E-state index is -0.417. The lowest BCUT2D eigenvalue weighted by Gasteiger charge is -2.11. The topological polar surface area (TPSA) is 64.3 Å². The molecule has 0 aliphatic heterocycles. The summed E-state index contributed by atoms with van der Waals surface area (Å²) in [6, 6.07) is 9.44. The van der Waals surface area contributed by atoms with Gasteiger partial charge in [-0.15, -0.1) is 11.3 Å². The SMILES string of the molecule is COC(=O)c1cccc(NCCc2cccs2)c1N. The van der Waals surface area contributed by atoms with E-state index in [-0.39, 0.29) is 0 Å². The van der Waals surface area contributed by atoms with Crippen molar-refractivity contribution in [1.29, 1.82) is 0 Å². The number of nitrogens with one attached hydrogen (secondary N) is 1. The highest BCUT2D eigenvalue weighted by atomic mass is 32.1. The molecule has 4 nitrogen and oxygen atoms in total. The summed E-state index contributed by atoms with van der Waals surface area (Å²) in [4.78, 5) is 12.8. The van der Waals surface area contributed by atoms with Gasteiger partial charge in [0.1, 0.15) is 0 Å². The lowest BCUT2D eigenvalue weighted by molar-refractivity contribution is 0.0602. The van der Waals surface area contributed by atoms with Gasteiger partial charge in [0, 0.05) is 11.4 Å². The van der Waals surface area contributed by atoms with Crippen molar-refractivity contribution in [2.24, 2.45) is 0 Å². The van der Waals surface area contributed by atoms with Crippen LogP contribution in [0.3, 0.4) is 0 Å². The van der Waals surface area contributed by atoms with Crippen LogP contribution in [0, 0.1) is 0 Å². The van der Waals surface area contributed by atoms with Gasteiger partial charge in [0.2, 0.25) is 0 Å². The largest absolute Gasteiger partial charge is 0.465 e. The van der Waals surface area contributed by atoms with Gasteiger partial charge in [0.15, 0.2) is 0 Å². The van der Waals surface area contributed by atoms with Gasteiger partial charge in [0.25, 0.3) is 0 Å². The molecular weight excluding hydrogens is 260 g/mol. The van der Waals surface area contributed by atoms with Gasteiger partial charge in [-0.25, -0.2) is 4.79 Å². The van der Waals surface area contributed by atoms with Crippen molar-refractivity contribution in [2.45, 2.75) is 6.42 Å². The summed E-state index contributed by atoms with van der Waals surface area (Å²) >= 11 is 1.73. The Morgan fingerprint density at radius 1 is 1.37 bits per heavy atom. The molecule has 0 aliphatic rings. The van der Waals surface area contributed by atoms with Crippen LogP contribution in [0.1, 0.15) is 15.2 Å². The molecule has 0 radical (unpaired) electrons. The van der Waals surface area contributed by atoms with Gasteiger partial charge in [-0.3, -0.25) is 0 Å². The average molecular weight is 276 g/mol. The Morgan fingerprint density at radius 3 is 2.89 bits per heavy atom. The van der Waals surface area contributed by atoms with Crippen LogP contribution >= 0.6 is 11.3 Å². The molecule has 0 amide bonds. The highest BCUT2D eigenvalue weighted by Gasteiger charge is 2.12. The molecular formula is C14H16N2O2S. The number of thiophene rings is 1. The quantitative estimate of drug-likeness (QED) is 0.651. The molecule has 0 aliphatic carbocycles. The molecule has 19 heavy (non-hydrogen) atoms. The van der Waals surface area contributed by atoms with Gasteiger partial charge in [-0.1, -0.05) is 12.1 Å². The van der Waals surface area contributed by atoms with E-state index in [1.54, 1.807) is 23.5 Å². The third kappa shape index (κ3) is 3.26. The van der Waals surface area contributed by atoms with Crippen LogP contribution in [0.2, 0.25) is 0 Å². The van der Waals surface area contributed by atoms with Crippen molar-refractivity contribution in [2.75, 3.05) is 24.7 Å². The van der Waals surface area contributed by atoms with Crippen molar-refractivity contribution in [3.05, 3.63) is 46.2 Å². The zero-order valence-corrected chi connectivity index (χ0v) is 11.5. The van der Waals surface area contributed by atoms with E-state index in [0.29, 0.717) is 11.3 Å². The lowest BCUT2D eigenvalue weighted by Crippen LogP contribution is -2.10. The number of carbonyl (C=O) groups excluding carboxylic acids is 1. The maximum absolute atomic E-state index is 11.5. The van der Waals surface area contributed by atoms with E-state index in [9.17, 15) is 4.79 Å². The molecule has 0 bridgehead atoms. The highest BCUT2D eigenvalue weighted by Crippen LogP contribution is 2.23. The zero-order valence-electron chi connectivity index (χ0n) is 10.7. The van der Waals surface area contributed by atoms with Gasteiger partial charge in [-0.05, 0) is 30.0 Å². The van der Waals surface area contributed by atoms with Crippen LogP contribution in [0.25, 0.3) is 0 Å². The summed E-state index contributed by atoms with van der Waals surface area (Å²) in [6.45, 7) is 0.773. The molecule has 0 saturated heterocycles. The summed E-state index contributed by atoms with van der Waals surface area (Å²) < 4.78 is 4.69. The number of hydrogen-bond acceptors (Lipinski definition) is 5. The number of hydrogen-bond donors (Lipinski definition) is 2. The molecule has 1 heterocycles. The average Bonchev–Trinajstić information content (AvgIpc) is 2.93. The first kappa shape index (κ1) is 13.4. The molecule has 3 N–H and O–H groups in total. The second-order valence-electron chi connectivity index (χ2n) is 4.01. The summed E-state index contributed by atoms with van der Waals surface area (Å²) in [6.07, 6.45) is 0.930. The fraction of sp³-hybridized carbons (Fsp3) is 0.214. The zero-order chi connectivity index (χ0) is 13.7. The van der Waals surface area contributed by atoms with Gasteiger partial charge < -0.3 is 15.8 Å². The Hall–Kier alpha value is -2.01. The van der Waals surface area contributed by atoms with E-state index in [0.717, 1.165) is 18.7 Å². The van der Waals surface area contributed by atoms with E-state index in [1.165, 1.54) is 12.0 Å². The Bertz CT molecular complexity index is 553. The van der Waals surface area contributed by atoms with E-state index < -0.39 is 5.97 Å². The number of para-hydroxylation sites is 1. The molecule has 2 aromatic rings. The van der Waals surface area contributed by atoms with Crippen LogP contribution in [0.15, 0.2) is 35.7 Å². The van der Waals surface area contributed by atoms with E-state index in [2.05, 4.69) is 16.8 Å². The normalized spacial score (nSPS) is 10.2. The fourth-order valence-electron chi connectivity index (χ4n) is 1.78. The third-order valence-corrected chi connectivity index (χ3v) is 3.71. The first-order chi connectivity index (χ1) is 9.22. The minimum absolute atomic E-state index is 0.392. The number of rotatable bonds is 5. The molecule has 5 heteroatoms. The van der Waals surface area contributed by atoms with Crippen LogP contribution in [0.5, 0.6) is 0 Å². The summed E-state index contributed by atoms with van der Waals surface area (Å²) in [5.41, 5.74) is 7.55. The predicted molar refractivity (Wildman–Crippen MR) is 78.7 cm³/mol. The smallest absolute Gasteiger partial charge is 0.340 e. The van der Waals surface area contributed by atoms with Crippen LogP contribution < -0.4 is 11.1 Å². The summed E-state index contributed by atoms with van der Waals surface area (Å²) in [5.74, 6) is -0.417. The van der Waals surface area contributed by atoms with E-state index in [1.807, 2.05) is 12.1 Å². The van der Waals surface area contributed by atoms with Crippen LogP contribution in [-0.4, -0.2) is 19.6 Å². The van der Waals surface area contributed by atoms with E-state index in [4.69, 9.17) is 10.5 Å². The second-order valence-corrected chi connectivity index (χ2v) is 5.05. The number of methoxy groups -OCH3 is 1. The van der Waals surface area contributed by atoms with Crippen molar-refractivity contribution < 1.29 is 9.53 Å². The number of nitrogen functional groups attached to an aromatic ring is 1. The van der Waals surface area contributed by atoms with Gasteiger partial charge in [0.05, 0.1) is 24.0 Å². The minimum Gasteiger partial charge on any atom is -0.465 e. The van der Waals surface area contributed by atoms with Gasteiger partial charge >= 0.3 is 5.97 Å². The molecule has 1 aromatic heterocycles. The van der Waals surface area contributed by atoms with E-state index >= 15 is 0 Å². The van der Waals surface area contributed by atoms with Crippen molar-refractivity contribution in [1.82, 2.24) is 0 Å². The Kier molecular flexibility index (Phi) is 4.41. The predicted octanol–water partition coefficient (Wildman–Crippen LogP) is 2.77. The van der Waals surface area contributed by atoms with Crippen molar-refractivity contribution in [3.8, 4) is 0 Å². The van der Waals surface area contributed by atoms with Crippen LogP contribution in [-0.2, 0) is 11.2 Å². The second kappa shape index (κ2) is 6.24. The monoisotopic (exact) mass is 276 g/mol. The number of carbonyl (C=O) groups is 1. The maximum atomic E-state index is 11.5. The molecule has 0 saturated carbocycles. The van der Waals surface area contributed by atoms with Crippen molar-refractivity contribution >= 4 is 28.7 Å². The summed E-state index contributed by atoms with van der Waals surface area (Å²) in [5, 5.41) is 5.30. The standard InChI is InChI=1S/C14H16N2O2S/c1-18-14(17)11-5-2-6-12(13(11)15)16-8-7-10-4-3-9-19-10/h2-6,9,16H,7-8,15H2,1H3. The molecule has 0 spiro atoms. The molecule has 0 atom stereocenters. The van der Waals surface area contributed by atoms with Crippen LogP contribution in [0.4, 0.5) is 11.4 Å². The fourth-order valence-corrected chi connectivity index (χ4v) is 2.49.